The van der Waals surface area contributed by atoms with E-state index in [0.717, 1.165) is 22.8 Å². The molecule has 0 amide bonds. The van der Waals surface area contributed by atoms with Crippen molar-refractivity contribution in [2.75, 3.05) is 0 Å². The summed E-state index contributed by atoms with van der Waals surface area (Å²) in [6.07, 6.45) is 1.65. The van der Waals surface area contributed by atoms with Gasteiger partial charge in [-0.2, -0.15) is 0 Å². The van der Waals surface area contributed by atoms with Crippen LogP contribution in [0.25, 0.3) is 10.2 Å². The van der Waals surface area contributed by atoms with Gasteiger partial charge in [0, 0.05) is 12.6 Å². The Labute approximate surface area is 102 Å². The Bertz CT molecular complexity index is 570. The number of fused-ring (bicyclic) bond motifs is 1. The van der Waals surface area contributed by atoms with Gasteiger partial charge in [0.1, 0.15) is 10.8 Å². The van der Waals surface area contributed by atoms with Crippen LogP contribution in [0.3, 0.4) is 0 Å². The van der Waals surface area contributed by atoms with Gasteiger partial charge in [-0.1, -0.05) is 17.3 Å². The molecule has 0 unspecified atom stereocenters. The van der Waals surface area contributed by atoms with Gasteiger partial charge in [0.2, 0.25) is 0 Å². The maximum absolute atomic E-state index is 5.00. The topological polar surface area (TPSA) is 51.0 Å². The summed E-state index contributed by atoms with van der Waals surface area (Å²) in [4.78, 5) is 4.54. The fourth-order valence-electron chi connectivity index (χ4n) is 1.62. The minimum absolute atomic E-state index is 0.677. The number of thiazole rings is 1. The standard InChI is InChI=1S/C12H11N3OS/c1-2-4-11-10(3-1)15-12(17-11)8-13-7-9-5-6-14-16-9/h1-6,13H,7-8H2. The molecule has 0 atom stereocenters. The Morgan fingerprint density at radius 1 is 1.18 bits per heavy atom. The van der Waals surface area contributed by atoms with Gasteiger partial charge < -0.3 is 9.84 Å². The summed E-state index contributed by atoms with van der Waals surface area (Å²) in [5.74, 6) is 0.839. The van der Waals surface area contributed by atoms with Crippen LogP contribution in [0.4, 0.5) is 0 Å². The molecular formula is C12H11N3OS. The average Bonchev–Trinajstić information content (AvgIpc) is 2.96. The Hall–Kier alpha value is -1.72. The van der Waals surface area contributed by atoms with Crippen molar-refractivity contribution in [1.82, 2.24) is 15.5 Å². The zero-order valence-electron chi connectivity index (χ0n) is 9.09. The van der Waals surface area contributed by atoms with Crippen molar-refractivity contribution in [3.05, 3.63) is 47.3 Å². The number of rotatable bonds is 4. The van der Waals surface area contributed by atoms with Crippen LogP contribution in [0.2, 0.25) is 0 Å². The van der Waals surface area contributed by atoms with Gasteiger partial charge in [0.25, 0.3) is 0 Å². The number of para-hydroxylation sites is 1. The molecule has 0 saturated heterocycles. The molecule has 3 rings (SSSR count). The zero-order chi connectivity index (χ0) is 11.5. The maximum Gasteiger partial charge on any atom is 0.150 e. The second-order valence-electron chi connectivity index (χ2n) is 3.66. The fourth-order valence-corrected chi connectivity index (χ4v) is 2.56. The largest absolute Gasteiger partial charge is 0.360 e. The number of hydrogen-bond donors (Lipinski definition) is 1. The van der Waals surface area contributed by atoms with Gasteiger partial charge in [-0.15, -0.1) is 11.3 Å². The van der Waals surface area contributed by atoms with Crippen molar-refractivity contribution in [2.24, 2.45) is 0 Å². The van der Waals surface area contributed by atoms with Crippen LogP contribution in [0.5, 0.6) is 0 Å². The first-order valence-electron chi connectivity index (χ1n) is 5.36. The normalized spacial score (nSPS) is 11.1. The third-order valence-electron chi connectivity index (χ3n) is 2.40. The minimum Gasteiger partial charge on any atom is -0.360 e. The summed E-state index contributed by atoms with van der Waals surface area (Å²) in [7, 11) is 0. The quantitative estimate of drug-likeness (QED) is 0.767. The first-order valence-corrected chi connectivity index (χ1v) is 6.18. The van der Waals surface area contributed by atoms with E-state index in [9.17, 15) is 0 Å². The molecule has 17 heavy (non-hydrogen) atoms. The van der Waals surface area contributed by atoms with Crippen LogP contribution >= 0.6 is 11.3 Å². The molecule has 86 valence electrons. The minimum atomic E-state index is 0.677. The van der Waals surface area contributed by atoms with Gasteiger partial charge in [0.15, 0.2) is 0 Å². The van der Waals surface area contributed by atoms with E-state index in [2.05, 4.69) is 21.5 Å². The molecule has 3 aromatic rings. The predicted molar refractivity (Wildman–Crippen MR) is 66.7 cm³/mol. The molecule has 1 N–H and O–H groups in total. The van der Waals surface area contributed by atoms with Crippen molar-refractivity contribution in [3.63, 3.8) is 0 Å². The van der Waals surface area contributed by atoms with Crippen LogP contribution in [-0.2, 0) is 13.1 Å². The second-order valence-corrected chi connectivity index (χ2v) is 4.77. The van der Waals surface area contributed by atoms with Crippen molar-refractivity contribution >= 4 is 21.6 Å². The third-order valence-corrected chi connectivity index (χ3v) is 3.44. The second kappa shape index (κ2) is 4.65. The number of aromatic nitrogens is 2. The monoisotopic (exact) mass is 245 g/mol. The van der Waals surface area contributed by atoms with Crippen LogP contribution in [0, 0.1) is 0 Å². The summed E-state index contributed by atoms with van der Waals surface area (Å²) < 4.78 is 6.23. The molecule has 0 aliphatic rings. The molecular weight excluding hydrogens is 234 g/mol. The number of benzene rings is 1. The van der Waals surface area contributed by atoms with Gasteiger partial charge in [-0.25, -0.2) is 4.98 Å². The summed E-state index contributed by atoms with van der Waals surface area (Å²) in [5, 5.41) is 8.02. The first-order chi connectivity index (χ1) is 8.42. The highest BCUT2D eigenvalue weighted by Crippen LogP contribution is 2.21. The van der Waals surface area contributed by atoms with Crippen LogP contribution in [0.15, 0.2) is 41.1 Å². The maximum atomic E-state index is 5.00. The molecule has 2 heterocycles. The van der Waals surface area contributed by atoms with E-state index in [1.807, 2.05) is 24.3 Å². The lowest BCUT2D eigenvalue weighted by Gasteiger charge is -1.97. The Kier molecular flexibility index (Phi) is 2.85. The molecule has 1 aromatic carbocycles. The van der Waals surface area contributed by atoms with E-state index in [-0.39, 0.29) is 0 Å². The van der Waals surface area contributed by atoms with Gasteiger partial charge in [0.05, 0.1) is 23.0 Å². The summed E-state index contributed by atoms with van der Waals surface area (Å²) in [5.41, 5.74) is 1.06. The molecule has 2 aromatic heterocycles. The summed E-state index contributed by atoms with van der Waals surface area (Å²) >= 11 is 1.71. The lowest BCUT2D eigenvalue weighted by molar-refractivity contribution is 0.372. The van der Waals surface area contributed by atoms with Crippen molar-refractivity contribution in [1.29, 1.82) is 0 Å². The predicted octanol–water partition coefficient (Wildman–Crippen LogP) is 2.57. The number of hydrogen-bond acceptors (Lipinski definition) is 5. The average molecular weight is 245 g/mol. The molecule has 0 radical (unpaired) electrons. The van der Waals surface area contributed by atoms with E-state index in [4.69, 9.17) is 4.52 Å². The molecule has 0 fully saturated rings. The molecule has 0 spiro atoms. The fraction of sp³-hybridized carbons (Fsp3) is 0.167. The number of nitrogens with one attached hydrogen (secondary N) is 1. The molecule has 5 heteroatoms. The highest BCUT2D eigenvalue weighted by atomic mass is 32.1. The molecule has 0 bridgehead atoms. The van der Waals surface area contributed by atoms with Gasteiger partial charge >= 0.3 is 0 Å². The molecule has 4 nitrogen and oxygen atoms in total. The van der Waals surface area contributed by atoms with Gasteiger partial charge in [-0.05, 0) is 12.1 Å². The zero-order valence-corrected chi connectivity index (χ0v) is 9.91. The smallest absolute Gasteiger partial charge is 0.150 e. The van der Waals surface area contributed by atoms with E-state index < -0.39 is 0 Å². The van der Waals surface area contributed by atoms with Crippen molar-refractivity contribution < 1.29 is 4.52 Å². The van der Waals surface area contributed by atoms with E-state index in [0.29, 0.717) is 6.54 Å². The Morgan fingerprint density at radius 2 is 2.12 bits per heavy atom. The Morgan fingerprint density at radius 3 is 2.94 bits per heavy atom. The SMILES string of the molecule is c1ccc2sc(CNCc3ccno3)nc2c1. The molecule has 0 saturated carbocycles. The molecule has 0 aliphatic carbocycles. The highest BCUT2D eigenvalue weighted by Gasteiger charge is 2.03. The lowest BCUT2D eigenvalue weighted by Crippen LogP contribution is -2.11. The summed E-state index contributed by atoms with van der Waals surface area (Å²) in [6.45, 7) is 1.43. The van der Waals surface area contributed by atoms with E-state index in [1.165, 1.54) is 4.70 Å². The van der Waals surface area contributed by atoms with Crippen LogP contribution < -0.4 is 5.32 Å². The Balaban J connectivity index is 1.65. The summed E-state index contributed by atoms with van der Waals surface area (Å²) in [6, 6.07) is 10.0. The third kappa shape index (κ3) is 2.35. The lowest BCUT2D eigenvalue weighted by atomic mass is 10.3. The van der Waals surface area contributed by atoms with Crippen LogP contribution in [0.1, 0.15) is 10.8 Å². The van der Waals surface area contributed by atoms with Crippen molar-refractivity contribution in [3.8, 4) is 0 Å². The van der Waals surface area contributed by atoms with E-state index >= 15 is 0 Å². The number of nitrogens with zero attached hydrogens (tertiary/aromatic N) is 2. The van der Waals surface area contributed by atoms with E-state index in [1.54, 1.807) is 17.5 Å². The molecule has 0 aliphatic heterocycles. The van der Waals surface area contributed by atoms with Crippen molar-refractivity contribution in [2.45, 2.75) is 13.1 Å². The first kappa shape index (κ1) is 10.4. The highest BCUT2D eigenvalue weighted by molar-refractivity contribution is 7.18. The van der Waals surface area contributed by atoms with Gasteiger partial charge in [-0.3, -0.25) is 0 Å². The van der Waals surface area contributed by atoms with Crippen LogP contribution in [-0.4, -0.2) is 10.1 Å².